The Morgan fingerprint density at radius 2 is 1.74 bits per heavy atom. The van der Waals surface area contributed by atoms with Crippen LogP contribution in [0.15, 0.2) is 54.6 Å². The molecule has 3 atom stereocenters. The van der Waals surface area contributed by atoms with Gasteiger partial charge in [-0.1, -0.05) is 62.4 Å². The fourth-order valence-electron chi connectivity index (χ4n) is 5.12. The first kappa shape index (κ1) is 31.1. The number of para-hydroxylation sites is 1. The zero-order valence-corrected chi connectivity index (χ0v) is 26.2. The Kier molecular flexibility index (Phi) is 10.2. The van der Waals surface area contributed by atoms with Crippen LogP contribution in [0.3, 0.4) is 0 Å². The highest BCUT2D eigenvalue weighted by molar-refractivity contribution is 7.27. The van der Waals surface area contributed by atoms with E-state index >= 15 is 0 Å². The molecule has 0 amide bonds. The number of esters is 1. The van der Waals surface area contributed by atoms with Gasteiger partial charge in [-0.3, -0.25) is 4.79 Å². The Labute approximate surface area is 237 Å². The summed E-state index contributed by atoms with van der Waals surface area (Å²) in [5.74, 6) is -1.06. The van der Waals surface area contributed by atoms with Crippen molar-refractivity contribution in [3.63, 3.8) is 0 Å². The van der Waals surface area contributed by atoms with Crippen molar-refractivity contribution >= 4 is 37.5 Å². The molecule has 212 valence electrons. The van der Waals surface area contributed by atoms with E-state index in [0.717, 1.165) is 11.0 Å². The van der Waals surface area contributed by atoms with Gasteiger partial charge in [-0.15, -0.1) is 9.24 Å². The van der Waals surface area contributed by atoms with Crippen LogP contribution < -0.4 is 5.30 Å². The highest BCUT2D eigenvalue weighted by Crippen LogP contribution is 2.38. The van der Waals surface area contributed by atoms with Gasteiger partial charge in [-0.2, -0.15) is 0 Å². The van der Waals surface area contributed by atoms with Crippen LogP contribution in [0.1, 0.15) is 86.9 Å². The van der Waals surface area contributed by atoms with E-state index in [1.807, 2.05) is 48.5 Å². The van der Waals surface area contributed by atoms with Crippen LogP contribution in [-0.2, 0) is 19.0 Å². The molecule has 1 fully saturated rings. The third-order valence-electron chi connectivity index (χ3n) is 6.33. The van der Waals surface area contributed by atoms with Crippen molar-refractivity contribution in [2.75, 3.05) is 0 Å². The van der Waals surface area contributed by atoms with Gasteiger partial charge in [0.2, 0.25) is 0 Å². The van der Waals surface area contributed by atoms with Crippen LogP contribution in [-0.4, -0.2) is 34.1 Å². The van der Waals surface area contributed by atoms with Gasteiger partial charge < -0.3 is 18.8 Å². The second-order valence-corrected chi connectivity index (χ2v) is 12.2. The topological polar surface area (TPSA) is 49.7 Å². The van der Waals surface area contributed by atoms with E-state index in [-0.39, 0.29) is 30.6 Å². The standard InChI is InChI=1S/C31H40NO4P.C2H6/c1-20(2)32-26-11-9-8-10-25(26)29(21-12-15-24(37)16-13-21)27(32)17-14-22-18-23(35-31(6,7)34-22)19-28(33)36-30(3,4)5;1-2/h8-17,20,22-23H,18-19,37H2,1-7H3;1-2H3/b17-14+;. The van der Waals surface area contributed by atoms with Crippen molar-refractivity contribution in [1.82, 2.24) is 4.57 Å². The molecule has 6 heteroatoms. The molecular formula is C33H46NO4P. The number of ether oxygens (including phenoxy) is 3. The van der Waals surface area contributed by atoms with E-state index in [0.29, 0.717) is 6.42 Å². The van der Waals surface area contributed by atoms with Crippen LogP contribution in [0.4, 0.5) is 0 Å². The number of rotatable bonds is 6. The largest absolute Gasteiger partial charge is 0.460 e. The maximum absolute atomic E-state index is 12.5. The molecular weight excluding hydrogens is 505 g/mol. The number of benzene rings is 2. The molecule has 3 unspecified atom stereocenters. The van der Waals surface area contributed by atoms with Gasteiger partial charge in [0.1, 0.15) is 5.60 Å². The molecule has 4 rings (SSSR count). The van der Waals surface area contributed by atoms with Gasteiger partial charge in [0.15, 0.2) is 5.79 Å². The summed E-state index contributed by atoms with van der Waals surface area (Å²) in [6, 6.07) is 17.4. The Morgan fingerprint density at radius 1 is 1.10 bits per heavy atom. The molecule has 39 heavy (non-hydrogen) atoms. The monoisotopic (exact) mass is 551 g/mol. The van der Waals surface area contributed by atoms with Gasteiger partial charge in [-0.05, 0) is 71.5 Å². The van der Waals surface area contributed by atoms with Crippen molar-refractivity contribution in [3.05, 3.63) is 60.3 Å². The molecule has 2 heterocycles. The predicted molar refractivity (Wildman–Crippen MR) is 166 cm³/mol. The highest BCUT2D eigenvalue weighted by Gasteiger charge is 2.36. The number of hydrogen-bond donors (Lipinski definition) is 0. The average molecular weight is 552 g/mol. The Morgan fingerprint density at radius 3 is 2.36 bits per heavy atom. The van der Waals surface area contributed by atoms with E-state index in [1.165, 1.54) is 22.0 Å². The zero-order valence-electron chi connectivity index (χ0n) is 25.1. The molecule has 0 radical (unpaired) electrons. The second kappa shape index (κ2) is 12.8. The summed E-state index contributed by atoms with van der Waals surface area (Å²) in [5, 5.41) is 2.38. The Hall–Kier alpha value is -2.46. The van der Waals surface area contributed by atoms with E-state index in [4.69, 9.17) is 14.2 Å². The molecule has 0 saturated carbocycles. The predicted octanol–water partition coefficient (Wildman–Crippen LogP) is 8.07. The summed E-state index contributed by atoms with van der Waals surface area (Å²) in [6.07, 6.45) is 4.61. The summed E-state index contributed by atoms with van der Waals surface area (Å²) < 4.78 is 20.3. The Balaban J connectivity index is 0.00000205. The normalized spacial score (nSPS) is 19.3. The number of carbonyl (C=O) groups excluding carboxylic acids is 1. The Bertz CT molecular complexity index is 1280. The molecule has 1 aliphatic heterocycles. The zero-order chi connectivity index (χ0) is 29.0. The summed E-state index contributed by atoms with van der Waals surface area (Å²) >= 11 is 0. The molecule has 0 bridgehead atoms. The van der Waals surface area contributed by atoms with Crippen molar-refractivity contribution in [1.29, 1.82) is 0 Å². The molecule has 0 spiro atoms. The van der Waals surface area contributed by atoms with Crippen molar-refractivity contribution in [2.24, 2.45) is 0 Å². The summed E-state index contributed by atoms with van der Waals surface area (Å²) in [4.78, 5) is 12.5. The van der Waals surface area contributed by atoms with Crippen LogP contribution >= 0.6 is 9.24 Å². The summed E-state index contributed by atoms with van der Waals surface area (Å²) in [6.45, 7) is 17.9. The first-order valence-corrected chi connectivity index (χ1v) is 14.7. The number of nitrogens with zero attached hydrogens (tertiary/aromatic N) is 1. The highest BCUT2D eigenvalue weighted by atomic mass is 31.0. The third-order valence-corrected chi connectivity index (χ3v) is 6.71. The lowest BCUT2D eigenvalue weighted by Gasteiger charge is -2.39. The minimum absolute atomic E-state index is 0.197. The van der Waals surface area contributed by atoms with Crippen LogP contribution in [0.25, 0.3) is 28.1 Å². The van der Waals surface area contributed by atoms with E-state index < -0.39 is 11.4 Å². The van der Waals surface area contributed by atoms with Gasteiger partial charge in [0, 0.05) is 34.6 Å². The number of hydrogen-bond acceptors (Lipinski definition) is 4. The number of fused-ring (bicyclic) bond motifs is 1. The quantitative estimate of drug-likeness (QED) is 0.230. The first-order chi connectivity index (χ1) is 18.3. The fraction of sp³-hybridized carbons (Fsp3) is 0.485. The van der Waals surface area contributed by atoms with Crippen LogP contribution in [0.5, 0.6) is 0 Å². The summed E-state index contributed by atoms with van der Waals surface area (Å²) in [5.41, 5.74) is 4.22. The molecule has 2 aromatic carbocycles. The average Bonchev–Trinajstić information content (AvgIpc) is 3.16. The SMILES string of the molecule is CC.CC(C)n1c(/C=C/C2CC(CC(=O)OC(C)(C)C)OC(C)(C)O2)c(-c2ccc(P)cc2)c2ccccc21. The van der Waals surface area contributed by atoms with Gasteiger partial charge in [-0.25, -0.2) is 0 Å². The van der Waals surface area contributed by atoms with Crippen molar-refractivity contribution in [2.45, 2.75) is 105 Å². The van der Waals surface area contributed by atoms with Gasteiger partial charge in [0.05, 0.1) is 18.6 Å². The fourth-order valence-corrected chi connectivity index (χ4v) is 5.31. The molecule has 1 aliphatic rings. The van der Waals surface area contributed by atoms with Crippen molar-refractivity contribution < 1.29 is 19.0 Å². The van der Waals surface area contributed by atoms with Crippen LogP contribution in [0.2, 0.25) is 0 Å². The molecule has 0 aliphatic carbocycles. The van der Waals surface area contributed by atoms with Gasteiger partial charge >= 0.3 is 5.97 Å². The smallest absolute Gasteiger partial charge is 0.308 e. The molecule has 5 nitrogen and oxygen atoms in total. The molecule has 1 saturated heterocycles. The minimum atomic E-state index is -0.803. The van der Waals surface area contributed by atoms with Crippen molar-refractivity contribution in [3.8, 4) is 11.1 Å². The van der Waals surface area contributed by atoms with E-state index in [9.17, 15) is 4.79 Å². The maximum Gasteiger partial charge on any atom is 0.308 e. The molecule has 1 aromatic heterocycles. The summed E-state index contributed by atoms with van der Waals surface area (Å²) in [7, 11) is 2.76. The number of carbonyl (C=O) groups is 1. The van der Waals surface area contributed by atoms with E-state index in [1.54, 1.807) is 0 Å². The minimum Gasteiger partial charge on any atom is -0.460 e. The third kappa shape index (κ3) is 8.03. The maximum atomic E-state index is 12.5. The lowest BCUT2D eigenvalue weighted by molar-refractivity contribution is -0.290. The van der Waals surface area contributed by atoms with Gasteiger partial charge in [0.25, 0.3) is 0 Å². The first-order valence-electron chi connectivity index (χ1n) is 14.1. The molecule has 3 aromatic rings. The lowest BCUT2D eigenvalue weighted by atomic mass is 10.0. The van der Waals surface area contributed by atoms with E-state index in [2.05, 4.69) is 88.3 Å². The lowest BCUT2D eigenvalue weighted by Crippen LogP contribution is -2.45. The van der Waals surface area contributed by atoms with Crippen LogP contribution in [0, 0.1) is 0 Å². The molecule has 0 N–H and O–H groups in total. The number of aromatic nitrogens is 1. The second-order valence-electron chi connectivity index (χ2n) is 11.5.